The van der Waals surface area contributed by atoms with Gasteiger partial charge in [-0.15, -0.1) is 0 Å². The van der Waals surface area contributed by atoms with Gasteiger partial charge in [0.15, 0.2) is 0 Å². The van der Waals surface area contributed by atoms with Crippen molar-refractivity contribution in [2.24, 2.45) is 0 Å². The molecule has 3 aromatic carbocycles. The summed E-state index contributed by atoms with van der Waals surface area (Å²) in [4.78, 5) is 16.2. The van der Waals surface area contributed by atoms with Crippen molar-refractivity contribution in [1.82, 2.24) is 9.55 Å². The minimum atomic E-state index is -0.895. The van der Waals surface area contributed by atoms with Crippen molar-refractivity contribution in [3.63, 3.8) is 0 Å². The summed E-state index contributed by atoms with van der Waals surface area (Å²) in [6.45, 7) is 2.70. The molecule has 0 fully saturated rings. The quantitative estimate of drug-likeness (QED) is 0.522. The summed E-state index contributed by atoms with van der Waals surface area (Å²) in [5.41, 5.74) is 5.65. The van der Waals surface area contributed by atoms with Gasteiger partial charge in [0.1, 0.15) is 11.6 Å². The van der Waals surface area contributed by atoms with Gasteiger partial charge < -0.3 is 14.4 Å². The molecule has 5 heteroatoms. The van der Waals surface area contributed by atoms with E-state index in [1.807, 2.05) is 37.3 Å². The number of fused-ring (bicyclic) bond motifs is 1. The third-order valence-electron chi connectivity index (χ3n) is 4.97. The lowest BCUT2D eigenvalue weighted by Gasteiger charge is -2.15. The van der Waals surface area contributed by atoms with Crippen molar-refractivity contribution in [1.29, 1.82) is 0 Å². The number of carboxylic acids is 1. The maximum Gasteiger partial charge on any atom is 0.307 e. The average molecular weight is 386 g/mol. The van der Waals surface area contributed by atoms with Crippen molar-refractivity contribution < 1.29 is 14.6 Å². The van der Waals surface area contributed by atoms with E-state index < -0.39 is 5.97 Å². The molecule has 0 aliphatic carbocycles. The number of methoxy groups -OCH3 is 1. The first-order valence-corrected chi connectivity index (χ1v) is 9.45. The van der Waals surface area contributed by atoms with E-state index in [1.54, 1.807) is 13.2 Å². The Kier molecular flexibility index (Phi) is 5.04. The van der Waals surface area contributed by atoms with Gasteiger partial charge in [-0.05, 0) is 36.2 Å². The highest BCUT2D eigenvalue weighted by atomic mass is 16.5. The highest BCUT2D eigenvalue weighted by molar-refractivity contribution is 5.84. The van der Waals surface area contributed by atoms with Crippen LogP contribution >= 0.6 is 0 Å². The third-order valence-corrected chi connectivity index (χ3v) is 4.97. The van der Waals surface area contributed by atoms with Gasteiger partial charge >= 0.3 is 5.97 Å². The predicted molar refractivity (Wildman–Crippen MR) is 113 cm³/mol. The minimum Gasteiger partial charge on any atom is -0.496 e. The summed E-state index contributed by atoms with van der Waals surface area (Å²) in [6, 6.07) is 22.0. The molecule has 0 atom stereocenters. The SMILES string of the molecule is COc1c(CC(=O)O)cccc1-c1nc2cc(C)ccc2n1Cc1ccccc1. The number of aryl methyl sites for hydroxylation is 1. The fourth-order valence-corrected chi connectivity index (χ4v) is 3.68. The molecule has 29 heavy (non-hydrogen) atoms. The van der Waals surface area contributed by atoms with E-state index in [2.05, 4.69) is 34.9 Å². The monoisotopic (exact) mass is 386 g/mol. The summed E-state index contributed by atoms with van der Waals surface area (Å²) in [5.74, 6) is 0.420. The molecule has 1 aromatic heterocycles. The molecule has 0 amide bonds. The number of aliphatic carboxylic acids is 1. The van der Waals surface area contributed by atoms with Crippen molar-refractivity contribution in [3.8, 4) is 17.1 Å². The molecule has 1 N–H and O–H groups in total. The van der Waals surface area contributed by atoms with Gasteiger partial charge in [-0.2, -0.15) is 0 Å². The highest BCUT2D eigenvalue weighted by Crippen LogP contribution is 2.35. The highest BCUT2D eigenvalue weighted by Gasteiger charge is 2.19. The largest absolute Gasteiger partial charge is 0.496 e. The smallest absolute Gasteiger partial charge is 0.307 e. The molecule has 1 heterocycles. The Labute approximate surface area is 169 Å². The molecule has 5 nitrogen and oxygen atoms in total. The fraction of sp³-hybridized carbons (Fsp3) is 0.167. The Hall–Kier alpha value is -3.60. The topological polar surface area (TPSA) is 64.3 Å². The normalized spacial score (nSPS) is 11.0. The van der Waals surface area contributed by atoms with E-state index >= 15 is 0 Å². The number of aromatic nitrogens is 2. The lowest BCUT2D eigenvalue weighted by Crippen LogP contribution is -2.06. The number of hydrogen-bond donors (Lipinski definition) is 1. The van der Waals surface area contributed by atoms with E-state index in [4.69, 9.17) is 9.72 Å². The molecular formula is C24H22N2O3. The second-order valence-corrected chi connectivity index (χ2v) is 7.07. The fourth-order valence-electron chi connectivity index (χ4n) is 3.68. The number of benzene rings is 3. The molecule has 0 aliphatic rings. The zero-order valence-corrected chi connectivity index (χ0v) is 16.4. The van der Waals surface area contributed by atoms with Gasteiger partial charge in [0.2, 0.25) is 0 Å². The van der Waals surface area contributed by atoms with E-state index in [0.29, 0.717) is 17.9 Å². The molecule has 4 aromatic rings. The zero-order valence-electron chi connectivity index (χ0n) is 16.4. The van der Waals surface area contributed by atoms with Crippen LogP contribution in [0, 0.1) is 6.92 Å². The number of rotatable bonds is 6. The number of imidazole rings is 1. The molecule has 146 valence electrons. The predicted octanol–water partition coefficient (Wildman–Crippen LogP) is 4.70. The van der Waals surface area contributed by atoms with E-state index in [-0.39, 0.29) is 6.42 Å². The molecule has 0 spiro atoms. The summed E-state index contributed by atoms with van der Waals surface area (Å²) >= 11 is 0. The summed E-state index contributed by atoms with van der Waals surface area (Å²) in [5, 5.41) is 9.27. The van der Waals surface area contributed by atoms with Crippen LogP contribution in [-0.2, 0) is 17.8 Å². The number of para-hydroxylation sites is 1. The molecule has 4 rings (SSSR count). The van der Waals surface area contributed by atoms with Gasteiger partial charge in [0, 0.05) is 12.1 Å². The molecule has 0 unspecified atom stereocenters. The van der Waals surface area contributed by atoms with Crippen LogP contribution in [0.5, 0.6) is 5.75 Å². The Morgan fingerprint density at radius 1 is 1.07 bits per heavy atom. The zero-order chi connectivity index (χ0) is 20.4. The lowest BCUT2D eigenvalue weighted by atomic mass is 10.1. The number of ether oxygens (including phenoxy) is 1. The van der Waals surface area contributed by atoms with Crippen LogP contribution in [0.15, 0.2) is 66.7 Å². The number of nitrogens with zero attached hydrogens (tertiary/aromatic N) is 2. The first-order valence-electron chi connectivity index (χ1n) is 9.45. The molecular weight excluding hydrogens is 364 g/mol. The molecule has 0 aliphatic heterocycles. The van der Waals surface area contributed by atoms with Crippen LogP contribution in [0.3, 0.4) is 0 Å². The lowest BCUT2D eigenvalue weighted by molar-refractivity contribution is -0.136. The van der Waals surface area contributed by atoms with Crippen LogP contribution in [0.25, 0.3) is 22.4 Å². The molecule has 0 bridgehead atoms. The van der Waals surface area contributed by atoms with Gasteiger partial charge in [-0.1, -0.05) is 48.5 Å². The van der Waals surface area contributed by atoms with Crippen LogP contribution in [0.4, 0.5) is 0 Å². The molecule has 0 saturated carbocycles. The third kappa shape index (κ3) is 3.72. The van der Waals surface area contributed by atoms with Crippen molar-refractivity contribution in [2.75, 3.05) is 7.11 Å². The molecule has 0 saturated heterocycles. The Morgan fingerprint density at radius 2 is 1.86 bits per heavy atom. The van der Waals surface area contributed by atoms with Crippen molar-refractivity contribution >= 4 is 17.0 Å². The van der Waals surface area contributed by atoms with Gasteiger partial charge in [-0.3, -0.25) is 4.79 Å². The number of hydrogen-bond acceptors (Lipinski definition) is 3. The van der Waals surface area contributed by atoms with E-state index in [0.717, 1.165) is 33.5 Å². The summed E-state index contributed by atoms with van der Waals surface area (Å²) in [7, 11) is 1.57. The van der Waals surface area contributed by atoms with Crippen LogP contribution in [0.1, 0.15) is 16.7 Å². The maximum atomic E-state index is 11.3. The first kappa shape index (κ1) is 18.7. The Bertz CT molecular complexity index is 1180. The van der Waals surface area contributed by atoms with Gasteiger partial charge in [0.05, 0.1) is 30.1 Å². The van der Waals surface area contributed by atoms with Gasteiger partial charge in [0.25, 0.3) is 0 Å². The van der Waals surface area contributed by atoms with Crippen molar-refractivity contribution in [2.45, 2.75) is 19.9 Å². The van der Waals surface area contributed by atoms with Crippen LogP contribution in [-0.4, -0.2) is 27.7 Å². The van der Waals surface area contributed by atoms with Gasteiger partial charge in [-0.25, -0.2) is 4.98 Å². The second-order valence-electron chi connectivity index (χ2n) is 7.07. The summed E-state index contributed by atoms with van der Waals surface area (Å²) in [6.07, 6.45) is -0.102. The van der Waals surface area contributed by atoms with Crippen molar-refractivity contribution in [3.05, 3.63) is 83.4 Å². The maximum absolute atomic E-state index is 11.3. The minimum absolute atomic E-state index is 0.102. The second kappa shape index (κ2) is 7.80. The standard InChI is InChI=1S/C24H22N2O3/c1-16-11-12-21-20(13-16)25-24(26(21)15-17-7-4-3-5-8-17)19-10-6-9-18(14-22(27)28)23(19)29-2/h3-13H,14-15H2,1-2H3,(H,27,28). The van der Waals surface area contributed by atoms with E-state index in [9.17, 15) is 9.90 Å². The average Bonchev–Trinajstić information content (AvgIpc) is 3.05. The van der Waals surface area contributed by atoms with Crippen LogP contribution in [0.2, 0.25) is 0 Å². The van der Waals surface area contributed by atoms with E-state index in [1.165, 1.54) is 0 Å². The number of carbonyl (C=O) groups is 1. The molecule has 0 radical (unpaired) electrons. The Balaban J connectivity index is 1.94. The number of carboxylic acid groups (broad SMARTS) is 1. The van der Waals surface area contributed by atoms with Crippen LogP contribution < -0.4 is 4.74 Å². The Morgan fingerprint density at radius 3 is 2.59 bits per heavy atom. The summed E-state index contributed by atoms with van der Waals surface area (Å²) < 4.78 is 7.80. The first-order chi connectivity index (χ1) is 14.1.